The molecule has 3 aliphatic heterocycles. The maximum atomic E-state index is 11.8. The van der Waals surface area contributed by atoms with E-state index in [1.54, 1.807) is 12.1 Å². The van der Waals surface area contributed by atoms with Gasteiger partial charge in [0.15, 0.2) is 0 Å². The van der Waals surface area contributed by atoms with Gasteiger partial charge in [0.2, 0.25) is 0 Å². The van der Waals surface area contributed by atoms with E-state index >= 15 is 0 Å². The molecule has 3 fully saturated rings. The standard InChI is InChI=1S/C21H31N5O3S.C19H27N5OS/c1-5-16-24-14-12-15(18(22)27)30-17(14)19(25-16)26-10-7-13(8-11-26)6-9-23-20(28)29-21(2,3)4;1-13-21-15-12-16(18(20)25)26-17(15)19(22-13)24-10-5-14(6-11-24)4-9-23-7-2-3-8-23/h12-13H,5-11H2,1-4H3,(H2,22,27)(H,23,28);12,14H,2-11H2,1H3,(H2,20,25). The number of anilines is 2. The Kier molecular flexibility index (Phi) is 13.6. The van der Waals surface area contributed by atoms with Gasteiger partial charge in [-0.15, -0.1) is 22.7 Å². The molecule has 4 aromatic rings. The van der Waals surface area contributed by atoms with Crippen LogP contribution in [0, 0.1) is 18.8 Å². The number of likely N-dealkylation sites (tertiary alicyclic amines) is 1. The van der Waals surface area contributed by atoms with Crippen LogP contribution < -0.4 is 26.6 Å². The van der Waals surface area contributed by atoms with Gasteiger partial charge in [-0.25, -0.2) is 24.7 Å². The molecule has 0 spiro atoms. The molecule has 7 rings (SSSR count). The first-order chi connectivity index (χ1) is 26.8. The highest BCUT2D eigenvalue weighted by atomic mass is 32.1. The summed E-state index contributed by atoms with van der Waals surface area (Å²) in [4.78, 5) is 61.8. The second kappa shape index (κ2) is 18.4. The van der Waals surface area contributed by atoms with Crippen molar-refractivity contribution < 1.29 is 19.1 Å². The van der Waals surface area contributed by atoms with Crippen molar-refractivity contribution in [1.29, 1.82) is 0 Å². The van der Waals surface area contributed by atoms with E-state index in [0.717, 1.165) is 101 Å². The minimum atomic E-state index is -0.480. The third-order valence-corrected chi connectivity index (χ3v) is 13.0. The quantitative estimate of drug-likeness (QED) is 0.155. The summed E-state index contributed by atoms with van der Waals surface area (Å²) in [6.07, 6.45) is 9.84. The van der Waals surface area contributed by atoms with E-state index in [0.29, 0.717) is 22.2 Å². The van der Waals surface area contributed by atoms with Crippen LogP contribution in [0.4, 0.5) is 16.4 Å². The number of ether oxygens (including phenoxy) is 1. The molecule has 7 heterocycles. The lowest BCUT2D eigenvalue weighted by molar-refractivity contribution is 0.0524. The van der Waals surface area contributed by atoms with Crippen molar-refractivity contribution in [3.8, 4) is 0 Å². The monoisotopic (exact) mass is 806 g/mol. The minimum Gasteiger partial charge on any atom is -0.444 e. The van der Waals surface area contributed by atoms with E-state index in [9.17, 15) is 14.4 Å². The number of aryl methyl sites for hydroxylation is 2. The number of primary amides is 2. The molecule has 0 aliphatic carbocycles. The second-order valence-corrected chi connectivity index (χ2v) is 18.3. The fourth-order valence-electron chi connectivity index (χ4n) is 7.75. The highest BCUT2D eigenvalue weighted by Crippen LogP contribution is 2.36. The third kappa shape index (κ3) is 10.8. The molecule has 0 unspecified atom stereocenters. The van der Waals surface area contributed by atoms with Gasteiger partial charge in [-0.2, -0.15) is 0 Å². The fourth-order valence-corrected chi connectivity index (χ4v) is 9.68. The smallest absolute Gasteiger partial charge is 0.407 e. The normalized spacial score (nSPS) is 17.3. The SMILES string of the molecule is CCc1nc(N2CCC(CCNC(=O)OC(C)(C)C)CC2)c2sc(C(N)=O)cc2n1.Cc1nc(N2CCC(CCN3CCCC3)CC2)c2sc(C(N)=O)cc2n1. The molecule has 0 bridgehead atoms. The molecule has 3 amide bonds. The molecular formula is C40H58N10O4S2. The first kappa shape index (κ1) is 41.5. The molecular weight excluding hydrogens is 749 g/mol. The molecule has 0 atom stereocenters. The van der Waals surface area contributed by atoms with Crippen molar-refractivity contribution in [3.05, 3.63) is 33.5 Å². The molecule has 14 nitrogen and oxygen atoms in total. The topological polar surface area (TPSA) is 186 Å². The predicted molar refractivity (Wildman–Crippen MR) is 225 cm³/mol. The summed E-state index contributed by atoms with van der Waals surface area (Å²) in [6.45, 7) is 17.8. The van der Waals surface area contributed by atoms with Gasteiger partial charge < -0.3 is 36.2 Å². The first-order valence-electron chi connectivity index (χ1n) is 20.1. The van der Waals surface area contributed by atoms with Gasteiger partial charge in [0, 0.05) is 39.1 Å². The van der Waals surface area contributed by atoms with Gasteiger partial charge >= 0.3 is 6.09 Å². The number of nitrogens with zero attached hydrogens (tertiary/aromatic N) is 7. The molecule has 304 valence electrons. The van der Waals surface area contributed by atoms with Gasteiger partial charge in [0.05, 0.1) is 30.2 Å². The van der Waals surface area contributed by atoms with Crippen molar-refractivity contribution in [2.24, 2.45) is 23.3 Å². The van der Waals surface area contributed by atoms with Crippen molar-refractivity contribution >= 4 is 72.7 Å². The summed E-state index contributed by atoms with van der Waals surface area (Å²) in [5.74, 6) is 3.93. The number of carbonyl (C=O) groups is 3. The minimum absolute atomic E-state index is 0.363. The zero-order valence-electron chi connectivity index (χ0n) is 33.6. The summed E-state index contributed by atoms with van der Waals surface area (Å²) >= 11 is 2.78. The van der Waals surface area contributed by atoms with Crippen LogP contribution in [0.3, 0.4) is 0 Å². The van der Waals surface area contributed by atoms with Crippen LogP contribution in [-0.4, -0.2) is 101 Å². The van der Waals surface area contributed by atoms with E-state index in [2.05, 4.69) is 30.0 Å². The van der Waals surface area contributed by atoms with Gasteiger partial charge in [-0.3, -0.25) is 9.59 Å². The maximum absolute atomic E-state index is 11.8. The zero-order valence-corrected chi connectivity index (χ0v) is 35.2. The van der Waals surface area contributed by atoms with Crippen LogP contribution in [0.25, 0.3) is 20.4 Å². The van der Waals surface area contributed by atoms with E-state index in [1.165, 1.54) is 74.4 Å². The van der Waals surface area contributed by atoms with Crippen LogP contribution in [0.5, 0.6) is 0 Å². The van der Waals surface area contributed by atoms with Crippen LogP contribution in [-0.2, 0) is 11.2 Å². The Morgan fingerprint density at radius 3 is 1.82 bits per heavy atom. The molecule has 0 aromatic carbocycles. The van der Waals surface area contributed by atoms with E-state index in [-0.39, 0.29) is 6.09 Å². The van der Waals surface area contributed by atoms with Gasteiger partial charge in [0.25, 0.3) is 11.8 Å². The molecule has 0 saturated carbocycles. The number of nitrogens with one attached hydrogen (secondary N) is 1. The number of nitrogens with two attached hydrogens (primary N) is 2. The Labute approximate surface area is 337 Å². The molecule has 3 aliphatic rings. The second-order valence-electron chi connectivity index (χ2n) is 16.2. The lowest BCUT2D eigenvalue weighted by Gasteiger charge is -2.33. The highest BCUT2D eigenvalue weighted by Gasteiger charge is 2.26. The average molecular weight is 807 g/mol. The molecule has 0 radical (unpaired) electrons. The Bertz CT molecular complexity index is 1990. The van der Waals surface area contributed by atoms with Crippen LogP contribution in [0.1, 0.15) is 110 Å². The van der Waals surface area contributed by atoms with E-state index < -0.39 is 17.4 Å². The number of amides is 3. The number of carbonyl (C=O) groups excluding carboxylic acids is 3. The van der Waals surface area contributed by atoms with E-state index in [4.69, 9.17) is 26.2 Å². The predicted octanol–water partition coefficient (Wildman–Crippen LogP) is 6.28. The van der Waals surface area contributed by atoms with Crippen molar-refractivity contribution in [2.75, 3.05) is 62.2 Å². The fraction of sp³-hybridized carbons (Fsp3) is 0.625. The zero-order chi connectivity index (χ0) is 40.0. The highest BCUT2D eigenvalue weighted by molar-refractivity contribution is 7.21. The van der Waals surface area contributed by atoms with E-state index in [1.807, 2.05) is 34.6 Å². The number of hydrogen-bond acceptors (Lipinski definition) is 13. The van der Waals surface area contributed by atoms with Crippen molar-refractivity contribution in [3.63, 3.8) is 0 Å². The van der Waals surface area contributed by atoms with Crippen LogP contribution >= 0.6 is 22.7 Å². The summed E-state index contributed by atoms with van der Waals surface area (Å²) in [7, 11) is 0. The van der Waals surface area contributed by atoms with Crippen molar-refractivity contribution in [1.82, 2.24) is 30.2 Å². The lowest BCUT2D eigenvalue weighted by atomic mass is 9.93. The van der Waals surface area contributed by atoms with Gasteiger partial charge in [-0.1, -0.05) is 6.92 Å². The number of rotatable bonds is 11. The molecule has 3 saturated heterocycles. The maximum Gasteiger partial charge on any atom is 0.407 e. The summed E-state index contributed by atoms with van der Waals surface area (Å²) in [6, 6.07) is 3.56. The third-order valence-electron chi connectivity index (χ3n) is 10.8. The Hall–Kier alpha value is -4.15. The Morgan fingerprint density at radius 1 is 0.786 bits per heavy atom. The number of aromatic nitrogens is 4. The lowest BCUT2D eigenvalue weighted by Crippen LogP contribution is -2.37. The summed E-state index contributed by atoms with van der Waals surface area (Å²) < 4.78 is 7.19. The summed E-state index contributed by atoms with van der Waals surface area (Å²) in [5, 5.41) is 2.84. The molecule has 56 heavy (non-hydrogen) atoms. The van der Waals surface area contributed by atoms with Gasteiger partial charge in [0.1, 0.15) is 28.9 Å². The number of alkyl carbamates (subject to hydrolysis) is 1. The molecule has 16 heteroatoms. The summed E-state index contributed by atoms with van der Waals surface area (Å²) in [5.41, 5.74) is 12.1. The van der Waals surface area contributed by atoms with Crippen LogP contribution in [0.2, 0.25) is 0 Å². The molecule has 4 aromatic heterocycles. The number of thiophene rings is 2. The average Bonchev–Trinajstić information content (AvgIpc) is 3.94. The molecule has 5 N–H and O–H groups in total. The largest absolute Gasteiger partial charge is 0.444 e. The Balaban J connectivity index is 0.000000191. The number of hydrogen-bond donors (Lipinski definition) is 3. The first-order valence-corrected chi connectivity index (χ1v) is 21.8. The number of fused-ring (bicyclic) bond motifs is 2. The van der Waals surface area contributed by atoms with Gasteiger partial charge in [-0.05, 0) is 123 Å². The number of piperidine rings is 2. The Morgan fingerprint density at radius 2 is 1.30 bits per heavy atom. The van der Waals surface area contributed by atoms with Crippen LogP contribution in [0.15, 0.2) is 12.1 Å². The van der Waals surface area contributed by atoms with Crippen molar-refractivity contribution in [2.45, 2.75) is 98.0 Å².